The number of aliphatic hydroxyl groups excluding tert-OH is 1. The fraction of sp³-hybridized carbons (Fsp3) is 0.364. The summed E-state index contributed by atoms with van der Waals surface area (Å²) in [6.45, 7) is 2.23. The van der Waals surface area contributed by atoms with Crippen molar-refractivity contribution in [2.24, 2.45) is 0 Å². The number of hydrogen-bond donors (Lipinski definition) is 1. The minimum absolute atomic E-state index is 0.0332. The molecule has 0 saturated carbocycles. The Labute approximate surface area is 163 Å². The molecular weight excluding hydrogens is 359 g/mol. The second kappa shape index (κ2) is 7.36. The van der Waals surface area contributed by atoms with Gasteiger partial charge in [-0.2, -0.15) is 0 Å². The number of piperazine rings is 1. The minimum Gasteiger partial charge on any atom is -0.394 e. The van der Waals surface area contributed by atoms with Crippen LogP contribution < -0.4 is 0 Å². The summed E-state index contributed by atoms with van der Waals surface area (Å²) in [5, 5.41) is 9.84. The molecule has 2 saturated heterocycles. The van der Waals surface area contributed by atoms with Crippen molar-refractivity contribution >= 4 is 11.8 Å². The van der Waals surface area contributed by atoms with E-state index >= 15 is 0 Å². The predicted molar refractivity (Wildman–Crippen MR) is 103 cm³/mol. The lowest BCUT2D eigenvalue weighted by molar-refractivity contribution is -0.166. The van der Waals surface area contributed by atoms with Crippen LogP contribution in [0.3, 0.4) is 0 Å². The second-order valence-electron chi connectivity index (χ2n) is 7.37. The van der Waals surface area contributed by atoms with Crippen molar-refractivity contribution in [3.63, 3.8) is 0 Å². The molecule has 4 rings (SSSR count). The maximum Gasteiger partial charge on any atom is 0.242 e. The van der Waals surface area contributed by atoms with E-state index in [4.69, 9.17) is 0 Å². The van der Waals surface area contributed by atoms with Gasteiger partial charge in [0.15, 0.2) is 0 Å². The first kappa shape index (κ1) is 18.6. The van der Waals surface area contributed by atoms with Crippen LogP contribution in [0.5, 0.6) is 0 Å². The average Bonchev–Trinajstić information content (AvgIpc) is 2.70. The normalized spacial score (nSPS) is 24.0. The van der Waals surface area contributed by atoms with Gasteiger partial charge in [-0.05, 0) is 17.2 Å². The zero-order valence-electron chi connectivity index (χ0n) is 15.7. The molecule has 0 unspecified atom stereocenters. The lowest BCUT2D eigenvalue weighted by atomic mass is 9.73. The van der Waals surface area contributed by atoms with Crippen LogP contribution in [0, 0.1) is 5.82 Å². The van der Waals surface area contributed by atoms with Crippen molar-refractivity contribution in [3.8, 4) is 11.1 Å². The fourth-order valence-electron chi connectivity index (χ4n) is 4.49. The molecule has 2 aliphatic heterocycles. The van der Waals surface area contributed by atoms with Gasteiger partial charge in [0.25, 0.3) is 0 Å². The summed E-state index contributed by atoms with van der Waals surface area (Å²) in [5.41, 5.74) is 2.30. The van der Waals surface area contributed by atoms with Crippen LogP contribution >= 0.6 is 0 Å². The molecule has 2 aromatic rings. The highest BCUT2D eigenvalue weighted by molar-refractivity contribution is 5.87. The molecule has 2 heterocycles. The number of carbonyl (C=O) groups is 2. The Bertz CT molecular complexity index is 899. The van der Waals surface area contributed by atoms with Gasteiger partial charge in [-0.15, -0.1) is 0 Å². The van der Waals surface area contributed by atoms with Crippen molar-refractivity contribution in [2.75, 3.05) is 19.7 Å². The van der Waals surface area contributed by atoms with E-state index in [0.717, 1.165) is 11.1 Å². The molecular formula is C22H23FN2O3. The number of benzene rings is 2. The first-order chi connectivity index (χ1) is 13.5. The van der Waals surface area contributed by atoms with E-state index in [1.165, 1.54) is 6.07 Å². The van der Waals surface area contributed by atoms with Crippen LogP contribution in [0.25, 0.3) is 11.1 Å². The summed E-state index contributed by atoms with van der Waals surface area (Å²) in [4.78, 5) is 27.9. The number of hydrogen-bond acceptors (Lipinski definition) is 3. The fourth-order valence-corrected chi connectivity index (χ4v) is 4.49. The summed E-state index contributed by atoms with van der Waals surface area (Å²) in [6.07, 6.45) is 0.366. The molecule has 0 aromatic heterocycles. The minimum atomic E-state index is -0.282. The van der Waals surface area contributed by atoms with Crippen LogP contribution in [0.4, 0.5) is 4.39 Å². The van der Waals surface area contributed by atoms with Crippen molar-refractivity contribution in [1.82, 2.24) is 9.80 Å². The van der Waals surface area contributed by atoms with Crippen molar-refractivity contribution in [2.45, 2.75) is 31.3 Å². The van der Waals surface area contributed by atoms with Gasteiger partial charge in [-0.1, -0.05) is 49.4 Å². The Morgan fingerprint density at radius 1 is 1.18 bits per heavy atom. The van der Waals surface area contributed by atoms with E-state index in [9.17, 15) is 19.1 Å². The zero-order valence-corrected chi connectivity index (χ0v) is 15.7. The van der Waals surface area contributed by atoms with E-state index in [1.54, 1.807) is 34.9 Å². The molecule has 2 fully saturated rings. The topological polar surface area (TPSA) is 60.9 Å². The van der Waals surface area contributed by atoms with Crippen LogP contribution in [-0.4, -0.2) is 58.5 Å². The Morgan fingerprint density at radius 2 is 1.89 bits per heavy atom. The molecule has 0 bridgehead atoms. The van der Waals surface area contributed by atoms with E-state index in [-0.39, 0.29) is 48.8 Å². The largest absolute Gasteiger partial charge is 0.394 e. The third-order valence-electron chi connectivity index (χ3n) is 5.89. The van der Waals surface area contributed by atoms with Gasteiger partial charge in [0.1, 0.15) is 5.82 Å². The van der Waals surface area contributed by atoms with Gasteiger partial charge in [0.2, 0.25) is 11.8 Å². The third kappa shape index (κ3) is 2.98. The summed E-state index contributed by atoms with van der Waals surface area (Å²) < 4.78 is 14.0. The van der Waals surface area contributed by atoms with Gasteiger partial charge in [-0.3, -0.25) is 9.59 Å². The Balaban J connectivity index is 1.60. The maximum atomic E-state index is 14.0. The third-order valence-corrected chi connectivity index (χ3v) is 5.89. The first-order valence-corrected chi connectivity index (χ1v) is 9.59. The van der Waals surface area contributed by atoms with Gasteiger partial charge >= 0.3 is 0 Å². The predicted octanol–water partition coefficient (Wildman–Crippen LogP) is 2.40. The number of fused-ring (bicyclic) bond motifs is 1. The molecule has 2 aromatic carbocycles. The Morgan fingerprint density at radius 3 is 2.54 bits per heavy atom. The van der Waals surface area contributed by atoms with Gasteiger partial charge in [-0.25, -0.2) is 4.39 Å². The number of halogens is 1. The molecule has 6 heteroatoms. The van der Waals surface area contributed by atoms with Gasteiger partial charge < -0.3 is 14.9 Å². The zero-order chi connectivity index (χ0) is 19.8. The lowest BCUT2D eigenvalue weighted by Gasteiger charge is -2.58. The van der Waals surface area contributed by atoms with Gasteiger partial charge in [0.05, 0.1) is 25.2 Å². The second-order valence-corrected chi connectivity index (χ2v) is 7.37. The molecule has 1 N–H and O–H groups in total. The van der Waals surface area contributed by atoms with E-state index in [2.05, 4.69) is 0 Å². The smallest absolute Gasteiger partial charge is 0.242 e. The SMILES string of the molecule is CCC(=O)N1CC(=O)N2[C@@H](CO)[C@H](c3ccc(-c4ccccc4F)cc3)[C@@H]2C1. The molecule has 5 nitrogen and oxygen atoms in total. The van der Waals surface area contributed by atoms with Crippen molar-refractivity contribution in [1.29, 1.82) is 0 Å². The Hall–Kier alpha value is -2.73. The molecule has 0 spiro atoms. The summed E-state index contributed by atoms with van der Waals surface area (Å²) in [5.74, 6) is -0.466. The van der Waals surface area contributed by atoms with E-state index in [0.29, 0.717) is 18.5 Å². The summed E-state index contributed by atoms with van der Waals surface area (Å²) >= 11 is 0. The van der Waals surface area contributed by atoms with Crippen LogP contribution in [-0.2, 0) is 9.59 Å². The number of nitrogens with zero attached hydrogens (tertiary/aromatic N) is 2. The molecule has 3 atom stereocenters. The molecule has 146 valence electrons. The summed E-state index contributed by atoms with van der Waals surface area (Å²) in [6, 6.07) is 13.8. The number of carbonyl (C=O) groups excluding carboxylic acids is 2. The molecule has 28 heavy (non-hydrogen) atoms. The van der Waals surface area contributed by atoms with Crippen molar-refractivity contribution in [3.05, 3.63) is 59.9 Å². The Kier molecular flexibility index (Phi) is 4.89. The van der Waals surface area contributed by atoms with E-state index in [1.807, 2.05) is 24.3 Å². The molecule has 0 radical (unpaired) electrons. The average molecular weight is 382 g/mol. The standard InChI is InChI=1S/C22H23FN2O3/c1-2-20(27)24-11-18-22(19(13-26)25(18)21(28)12-24)15-9-7-14(8-10-15)16-5-3-4-6-17(16)23/h3-10,18-19,22,26H,2,11-13H2,1H3/t18-,19-,22+/m0/s1. The van der Waals surface area contributed by atoms with Crippen LogP contribution in [0.2, 0.25) is 0 Å². The lowest BCUT2D eigenvalue weighted by Crippen LogP contribution is -2.73. The van der Waals surface area contributed by atoms with Crippen molar-refractivity contribution < 1.29 is 19.1 Å². The highest BCUT2D eigenvalue weighted by Crippen LogP contribution is 2.43. The highest BCUT2D eigenvalue weighted by atomic mass is 19.1. The molecule has 2 aliphatic rings. The first-order valence-electron chi connectivity index (χ1n) is 9.59. The number of aliphatic hydroxyl groups is 1. The number of amides is 2. The van der Waals surface area contributed by atoms with E-state index < -0.39 is 0 Å². The number of rotatable bonds is 4. The van der Waals surface area contributed by atoms with Crippen LogP contribution in [0.15, 0.2) is 48.5 Å². The summed E-state index contributed by atoms with van der Waals surface area (Å²) in [7, 11) is 0. The quantitative estimate of drug-likeness (QED) is 0.883. The maximum absolute atomic E-state index is 14.0. The molecule has 0 aliphatic carbocycles. The monoisotopic (exact) mass is 382 g/mol. The highest BCUT2D eigenvalue weighted by Gasteiger charge is 2.54. The van der Waals surface area contributed by atoms with Crippen LogP contribution in [0.1, 0.15) is 24.8 Å². The molecule has 2 amide bonds. The van der Waals surface area contributed by atoms with Gasteiger partial charge in [0, 0.05) is 24.4 Å².